The Balaban J connectivity index is 1.60. The summed E-state index contributed by atoms with van der Waals surface area (Å²) in [6, 6.07) is 16.3. The summed E-state index contributed by atoms with van der Waals surface area (Å²) < 4.78 is 5.66. The molecule has 25 heavy (non-hydrogen) atoms. The molecule has 3 aromatic rings. The number of hydrogen-bond acceptors (Lipinski definition) is 5. The number of carbonyl (C=O) groups excluding carboxylic acids is 1. The lowest BCUT2D eigenvalue weighted by Gasteiger charge is -2.08. The Morgan fingerprint density at radius 1 is 1.24 bits per heavy atom. The first-order valence-corrected chi connectivity index (χ1v) is 8.56. The summed E-state index contributed by atoms with van der Waals surface area (Å²) in [5.74, 6) is 0.425. The van der Waals surface area contributed by atoms with Gasteiger partial charge in [-0.1, -0.05) is 18.2 Å². The lowest BCUT2D eigenvalue weighted by molar-refractivity contribution is 0.0950. The molecule has 1 heterocycles. The van der Waals surface area contributed by atoms with E-state index in [9.17, 15) is 4.79 Å². The van der Waals surface area contributed by atoms with Gasteiger partial charge in [-0.3, -0.25) is 4.79 Å². The maximum absolute atomic E-state index is 12.3. The second-order valence-electron chi connectivity index (χ2n) is 5.29. The van der Waals surface area contributed by atoms with Crippen molar-refractivity contribution in [2.24, 2.45) is 0 Å². The predicted octanol–water partition coefficient (Wildman–Crippen LogP) is 3.52. The smallest absolute Gasteiger partial charge is 0.251 e. The number of hydrogen-bond donors (Lipinski definition) is 1. The van der Waals surface area contributed by atoms with Crippen molar-refractivity contribution in [2.45, 2.75) is 13.2 Å². The van der Waals surface area contributed by atoms with Crippen molar-refractivity contribution in [3.05, 3.63) is 81.8 Å². The number of nitrogens with one attached hydrogen (secondary N) is 1. The summed E-state index contributed by atoms with van der Waals surface area (Å²) in [6.07, 6.45) is 0. The van der Waals surface area contributed by atoms with E-state index in [0.717, 1.165) is 11.3 Å². The van der Waals surface area contributed by atoms with Gasteiger partial charge in [0, 0.05) is 17.5 Å². The molecule has 0 aliphatic rings. The van der Waals surface area contributed by atoms with E-state index in [1.807, 2.05) is 11.4 Å². The molecule has 0 saturated heterocycles. The fraction of sp³-hybridized carbons (Fsp3) is 0.105. The van der Waals surface area contributed by atoms with E-state index >= 15 is 0 Å². The molecule has 124 valence electrons. The number of amides is 1. The average molecular weight is 349 g/mol. The molecule has 1 amide bonds. The van der Waals surface area contributed by atoms with Gasteiger partial charge >= 0.3 is 0 Å². The molecule has 1 N–H and O–H groups in total. The standard InChI is InChI=1S/C19H15N3O2S/c20-9-14-3-1-4-15(7-14)10-21-19(23)16-5-2-6-18(8-16)24-11-17-12-25-13-22-17/h1-8,12-13H,10-11H2,(H,21,23). The van der Waals surface area contributed by atoms with Gasteiger partial charge in [-0.25, -0.2) is 4.98 Å². The highest BCUT2D eigenvalue weighted by Crippen LogP contribution is 2.15. The van der Waals surface area contributed by atoms with Gasteiger partial charge in [-0.2, -0.15) is 5.26 Å². The molecule has 0 saturated carbocycles. The number of nitriles is 1. The molecular formula is C19H15N3O2S. The normalized spacial score (nSPS) is 10.0. The van der Waals surface area contributed by atoms with Crippen molar-refractivity contribution in [3.8, 4) is 11.8 Å². The van der Waals surface area contributed by atoms with E-state index in [-0.39, 0.29) is 5.91 Å². The Bertz CT molecular complexity index is 901. The van der Waals surface area contributed by atoms with Gasteiger partial charge in [0.05, 0.1) is 22.8 Å². The first-order chi connectivity index (χ1) is 12.2. The van der Waals surface area contributed by atoms with Gasteiger partial charge in [0.1, 0.15) is 12.4 Å². The maximum atomic E-state index is 12.3. The Morgan fingerprint density at radius 2 is 2.12 bits per heavy atom. The first kappa shape index (κ1) is 16.7. The van der Waals surface area contributed by atoms with E-state index < -0.39 is 0 Å². The molecule has 5 nitrogen and oxygen atoms in total. The minimum atomic E-state index is -0.193. The zero-order valence-corrected chi connectivity index (χ0v) is 14.1. The van der Waals surface area contributed by atoms with Crippen LogP contribution in [-0.2, 0) is 13.2 Å². The van der Waals surface area contributed by atoms with Gasteiger partial charge in [0.2, 0.25) is 0 Å². The van der Waals surface area contributed by atoms with Crippen LogP contribution in [0.3, 0.4) is 0 Å². The van der Waals surface area contributed by atoms with Gasteiger partial charge in [-0.15, -0.1) is 11.3 Å². The molecule has 2 aromatic carbocycles. The highest BCUT2D eigenvalue weighted by molar-refractivity contribution is 7.07. The molecule has 0 radical (unpaired) electrons. The van der Waals surface area contributed by atoms with Crippen LogP contribution >= 0.6 is 11.3 Å². The van der Waals surface area contributed by atoms with Crippen LogP contribution in [0.1, 0.15) is 27.2 Å². The Kier molecular flexibility index (Phi) is 5.39. The zero-order chi connectivity index (χ0) is 17.5. The molecule has 0 atom stereocenters. The molecule has 0 fully saturated rings. The van der Waals surface area contributed by atoms with Gasteiger partial charge < -0.3 is 10.1 Å². The Labute approximate surface area is 149 Å². The second kappa shape index (κ2) is 8.08. The fourth-order valence-electron chi connectivity index (χ4n) is 2.23. The van der Waals surface area contributed by atoms with Crippen LogP contribution in [0.5, 0.6) is 5.75 Å². The molecular weight excluding hydrogens is 334 g/mol. The third-order valence-corrected chi connectivity index (χ3v) is 4.11. The van der Waals surface area contributed by atoms with Gasteiger partial charge in [0.15, 0.2) is 0 Å². The molecule has 0 bridgehead atoms. The van der Waals surface area contributed by atoms with Crippen LogP contribution in [0.25, 0.3) is 0 Å². The minimum Gasteiger partial charge on any atom is -0.487 e. The summed E-state index contributed by atoms with van der Waals surface area (Å²) in [5.41, 5.74) is 4.58. The monoisotopic (exact) mass is 349 g/mol. The van der Waals surface area contributed by atoms with Crippen molar-refractivity contribution in [2.75, 3.05) is 0 Å². The average Bonchev–Trinajstić information content (AvgIpc) is 3.18. The lowest BCUT2D eigenvalue weighted by atomic mass is 10.1. The first-order valence-electron chi connectivity index (χ1n) is 7.62. The van der Waals surface area contributed by atoms with Crippen LogP contribution in [-0.4, -0.2) is 10.9 Å². The summed E-state index contributed by atoms with van der Waals surface area (Å²) in [7, 11) is 0. The summed E-state index contributed by atoms with van der Waals surface area (Å²) in [4.78, 5) is 16.5. The van der Waals surface area contributed by atoms with Crippen molar-refractivity contribution < 1.29 is 9.53 Å². The molecule has 0 spiro atoms. The van der Waals surface area contributed by atoms with Crippen LogP contribution in [0.15, 0.2) is 59.4 Å². The van der Waals surface area contributed by atoms with E-state index in [1.165, 1.54) is 11.3 Å². The van der Waals surface area contributed by atoms with Crippen molar-refractivity contribution in [1.82, 2.24) is 10.3 Å². The van der Waals surface area contributed by atoms with E-state index in [0.29, 0.717) is 30.0 Å². The van der Waals surface area contributed by atoms with Crippen molar-refractivity contribution in [1.29, 1.82) is 5.26 Å². The molecule has 0 aliphatic heterocycles. The SMILES string of the molecule is N#Cc1cccc(CNC(=O)c2cccc(OCc3cscn3)c2)c1. The van der Waals surface area contributed by atoms with Crippen LogP contribution < -0.4 is 10.1 Å². The second-order valence-corrected chi connectivity index (χ2v) is 6.01. The highest BCUT2D eigenvalue weighted by Gasteiger charge is 2.07. The molecule has 3 rings (SSSR count). The number of carbonyl (C=O) groups is 1. The lowest BCUT2D eigenvalue weighted by Crippen LogP contribution is -2.22. The van der Waals surface area contributed by atoms with Crippen LogP contribution in [0, 0.1) is 11.3 Å². The predicted molar refractivity (Wildman–Crippen MR) is 95.2 cm³/mol. The fourth-order valence-corrected chi connectivity index (χ4v) is 2.77. The Morgan fingerprint density at radius 3 is 2.92 bits per heavy atom. The largest absolute Gasteiger partial charge is 0.487 e. The summed E-state index contributed by atoms with van der Waals surface area (Å²) in [6.45, 7) is 0.730. The van der Waals surface area contributed by atoms with E-state index in [4.69, 9.17) is 10.00 Å². The third-order valence-electron chi connectivity index (χ3n) is 3.48. The number of rotatable bonds is 6. The molecule has 6 heteroatoms. The summed E-state index contributed by atoms with van der Waals surface area (Å²) >= 11 is 1.51. The number of nitrogens with zero attached hydrogens (tertiary/aromatic N) is 2. The zero-order valence-electron chi connectivity index (χ0n) is 13.3. The molecule has 1 aromatic heterocycles. The minimum absolute atomic E-state index is 0.193. The summed E-state index contributed by atoms with van der Waals surface area (Å²) in [5, 5.41) is 13.7. The topological polar surface area (TPSA) is 75.0 Å². The number of aromatic nitrogens is 1. The van der Waals surface area contributed by atoms with Crippen LogP contribution in [0.4, 0.5) is 0 Å². The van der Waals surface area contributed by atoms with Gasteiger partial charge in [0.25, 0.3) is 5.91 Å². The van der Waals surface area contributed by atoms with Crippen LogP contribution in [0.2, 0.25) is 0 Å². The van der Waals surface area contributed by atoms with Gasteiger partial charge in [-0.05, 0) is 35.9 Å². The third kappa shape index (κ3) is 4.66. The molecule has 0 unspecified atom stereocenters. The number of benzene rings is 2. The number of ether oxygens (including phenoxy) is 1. The van der Waals surface area contributed by atoms with E-state index in [2.05, 4.69) is 16.4 Å². The quantitative estimate of drug-likeness (QED) is 0.739. The molecule has 0 aliphatic carbocycles. The van der Waals surface area contributed by atoms with E-state index in [1.54, 1.807) is 48.0 Å². The van der Waals surface area contributed by atoms with Crippen molar-refractivity contribution in [3.63, 3.8) is 0 Å². The maximum Gasteiger partial charge on any atom is 0.251 e. The highest BCUT2D eigenvalue weighted by atomic mass is 32.1. The Hall–Kier alpha value is -3.17. The number of thiazole rings is 1. The van der Waals surface area contributed by atoms with Crippen molar-refractivity contribution >= 4 is 17.2 Å².